The van der Waals surface area contributed by atoms with Gasteiger partial charge in [0.25, 0.3) is 0 Å². The molecule has 0 bridgehead atoms. The van der Waals surface area contributed by atoms with Gasteiger partial charge in [0.05, 0.1) is 0 Å². The third-order valence-electron chi connectivity index (χ3n) is 7.63. The molecule has 2 fully saturated rings. The Morgan fingerprint density at radius 3 is 2.61 bits per heavy atom. The highest BCUT2D eigenvalue weighted by Gasteiger charge is 2.63. The first-order chi connectivity index (χ1) is 13.3. The van der Waals surface area contributed by atoms with Crippen molar-refractivity contribution < 1.29 is 19.1 Å². The zero-order chi connectivity index (χ0) is 20.1. The first kappa shape index (κ1) is 19.1. The van der Waals surface area contributed by atoms with Gasteiger partial charge < -0.3 is 9.47 Å². The van der Waals surface area contributed by atoms with Crippen LogP contribution in [0.5, 0.6) is 5.75 Å². The van der Waals surface area contributed by atoms with Crippen LogP contribution >= 0.6 is 0 Å². The van der Waals surface area contributed by atoms with Crippen LogP contribution in [-0.4, -0.2) is 17.5 Å². The van der Waals surface area contributed by atoms with Crippen molar-refractivity contribution in [2.45, 2.75) is 70.8 Å². The first-order valence-corrected chi connectivity index (χ1v) is 10.3. The average Bonchev–Trinajstić information content (AvgIpc) is 2.93. The van der Waals surface area contributed by atoms with Gasteiger partial charge in [-0.05, 0) is 79.5 Å². The van der Waals surface area contributed by atoms with Gasteiger partial charge in [0.15, 0.2) is 5.60 Å². The molecule has 2 saturated carbocycles. The predicted molar refractivity (Wildman–Crippen MR) is 106 cm³/mol. The van der Waals surface area contributed by atoms with Crippen molar-refractivity contribution in [3.05, 3.63) is 29.3 Å². The van der Waals surface area contributed by atoms with Crippen molar-refractivity contribution in [2.24, 2.45) is 17.3 Å². The monoisotopic (exact) mass is 380 g/mol. The number of rotatable bonds is 2. The van der Waals surface area contributed by atoms with E-state index >= 15 is 0 Å². The largest absolute Gasteiger partial charge is 0.445 e. The Kier molecular flexibility index (Phi) is 4.53. The smallest absolute Gasteiger partial charge is 0.308 e. The van der Waals surface area contributed by atoms with Crippen LogP contribution < -0.4 is 4.74 Å². The second-order valence-electron chi connectivity index (χ2n) is 8.93. The third-order valence-corrected chi connectivity index (χ3v) is 7.63. The molecule has 5 atom stereocenters. The van der Waals surface area contributed by atoms with Gasteiger partial charge in [0, 0.05) is 19.3 Å². The van der Waals surface area contributed by atoms with Crippen LogP contribution in [0.1, 0.15) is 69.9 Å². The van der Waals surface area contributed by atoms with Crippen LogP contribution in [0.2, 0.25) is 0 Å². The van der Waals surface area contributed by atoms with Crippen LogP contribution in [0, 0.1) is 29.6 Å². The fourth-order valence-corrected chi connectivity index (χ4v) is 6.47. The SMILES string of the molecule is C#C[C@]1(OC(C)=O)CC[C@@H]2[C@@H]3CCc4cc(OC(C)=O)ccc4[C@@H]3CC[C@]21C. The summed E-state index contributed by atoms with van der Waals surface area (Å²) in [6.07, 6.45) is 11.8. The number of terminal acetylenes is 1. The van der Waals surface area contributed by atoms with Crippen molar-refractivity contribution in [3.8, 4) is 18.1 Å². The van der Waals surface area contributed by atoms with E-state index in [1.165, 1.54) is 25.0 Å². The minimum atomic E-state index is -0.770. The number of carbonyl (C=O) groups excluding carboxylic acids is 2. The molecule has 3 aliphatic carbocycles. The van der Waals surface area contributed by atoms with Gasteiger partial charge in [-0.25, -0.2) is 0 Å². The van der Waals surface area contributed by atoms with Gasteiger partial charge in [-0.3, -0.25) is 9.59 Å². The zero-order valence-corrected chi connectivity index (χ0v) is 16.9. The molecule has 4 heteroatoms. The molecular formula is C24H28O4. The van der Waals surface area contributed by atoms with Crippen molar-refractivity contribution in [2.75, 3.05) is 0 Å². The van der Waals surface area contributed by atoms with Gasteiger partial charge in [0.2, 0.25) is 0 Å². The molecule has 0 amide bonds. The van der Waals surface area contributed by atoms with E-state index in [2.05, 4.69) is 18.9 Å². The molecule has 1 aromatic carbocycles. The minimum Gasteiger partial charge on any atom is -0.445 e. The summed E-state index contributed by atoms with van der Waals surface area (Å²) in [5, 5.41) is 0. The number of benzene rings is 1. The molecule has 148 valence electrons. The highest BCUT2D eigenvalue weighted by atomic mass is 16.6. The second-order valence-corrected chi connectivity index (χ2v) is 8.93. The van der Waals surface area contributed by atoms with E-state index in [-0.39, 0.29) is 17.4 Å². The number of hydrogen-bond acceptors (Lipinski definition) is 4. The Balaban J connectivity index is 1.64. The number of esters is 2. The van der Waals surface area contributed by atoms with E-state index < -0.39 is 5.60 Å². The molecule has 28 heavy (non-hydrogen) atoms. The fourth-order valence-electron chi connectivity index (χ4n) is 6.47. The Morgan fingerprint density at radius 1 is 1.14 bits per heavy atom. The Labute approximate surface area is 167 Å². The van der Waals surface area contributed by atoms with Crippen molar-refractivity contribution in [1.82, 2.24) is 0 Å². The van der Waals surface area contributed by atoms with Crippen LogP contribution in [-0.2, 0) is 20.7 Å². The van der Waals surface area contributed by atoms with Gasteiger partial charge in [0.1, 0.15) is 5.75 Å². The highest BCUT2D eigenvalue weighted by molar-refractivity contribution is 5.69. The van der Waals surface area contributed by atoms with E-state index in [1.807, 2.05) is 12.1 Å². The summed E-state index contributed by atoms with van der Waals surface area (Å²) in [6, 6.07) is 6.08. The third kappa shape index (κ3) is 2.75. The van der Waals surface area contributed by atoms with Gasteiger partial charge in [-0.15, -0.1) is 6.42 Å². The molecular weight excluding hydrogens is 352 g/mol. The zero-order valence-electron chi connectivity index (χ0n) is 16.9. The summed E-state index contributed by atoms with van der Waals surface area (Å²) in [6.45, 7) is 5.13. The number of fused-ring (bicyclic) bond motifs is 5. The number of ether oxygens (including phenoxy) is 2. The van der Waals surface area contributed by atoms with Crippen LogP contribution in [0.3, 0.4) is 0 Å². The van der Waals surface area contributed by atoms with E-state index in [4.69, 9.17) is 15.9 Å². The molecule has 0 unspecified atom stereocenters. The Bertz CT molecular complexity index is 866. The standard InChI is InChI=1S/C24H28O4/c1-5-24(28-16(3)26)13-11-22-21-8-6-17-14-18(27-15(2)25)7-9-19(17)20(21)10-12-23(22,24)4/h1,7,9,14,20-22H,6,8,10-13H2,2-4H3/t20-,21+,22+,23+,24-/m0/s1. The van der Waals surface area contributed by atoms with Crippen molar-refractivity contribution >= 4 is 11.9 Å². The van der Waals surface area contributed by atoms with Crippen molar-refractivity contribution in [3.63, 3.8) is 0 Å². The normalized spacial score (nSPS) is 35.7. The molecule has 0 N–H and O–H groups in total. The van der Waals surface area contributed by atoms with Gasteiger partial charge in [-0.2, -0.15) is 0 Å². The number of carbonyl (C=O) groups is 2. The van der Waals surface area contributed by atoms with Crippen molar-refractivity contribution in [1.29, 1.82) is 0 Å². The molecule has 4 rings (SSSR count). The van der Waals surface area contributed by atoms with Gasteiger partial charge in [-0.1, -0.05) is 18.9 Å². The van der Waals surface area contributed by atoms with Crippen LogP contribution in [0.15, 0.2) is 18.2 Å². The quantitative estimate of drug-likeness (QED) is 0.433. The minimum absolute atomic E-state index is 0.163. The molecule has 0 aromatic heterocycles. The van der Waals surface area contributed by atoms with E-state index in [0.29, 0.717) is 23.5 Å². The number of hydrogen-bond donors (Lipinski definition) is 0. The molecule has 0 heterocycles. The molecule has 4 nitrogen and oxygen atoms in total. The Morgan fingerprint density at radius 2 is 1.93 bits per heavy atom. The summed E-state index contributed by atoms with van der Waals surface area (Å²) >= 11 is 0. The summed E-state index contributed by atoms with van der Waals surface area (Å²) in [5.41, 5.74) is 1.75. The maximum atomic E-state index is 11.8. The summed E-state index contributed by atoms with van der Waals surface area (Å²) in [5.74, 6) is 4.47. The maximum absolute atomic E-state index is 11.8. The fraction of sp³-hybridized carbons (Fsp3) is 0.583. The highest BCUT2D eigenvalue weighted by Crippen LogP contribution is 2.65. The lowest BCUT2D eigenvalue weighted by Crippen LogP contribution is -2.52. The molecule has 1 aromatic rings. The number of aryl methyl sites for hydroxylation is 1. The summed E-state index contributed by atoms with van der Waals surface area (Å²) in [4.78, 5) is 23.0. The predicted octanol–water partition coefficient (Wildman–Crippen LogP) is 4.40. The molecule has 0 saturated heterocycles. The topological polar surface area (TPSA) is 52.6 Å². The first-order valence-electron chi connectivity index (χ1n) is 10.3. The molecule has 0 spiro atoms. The van der Waals surface area contributed by atoms with E-state index in [9.17, 15) is 9.59 Å². The summed E-state index contributed by atoms with van der Waals surface area (Å²) in [7, 11) is 0. The lowest BCUT2D eigenvalue weighted by atomic mass is 9.53. The molecule has 3 aliphatic rings. The lowest BCUT2D eigenvalue weighted by Gasteiger charge is -2.52. The van der Waals surface area contributed by atoms with E-state index in [1.54, 1.807) is 0 Å². The second kappa shape index (κ2) is 6.65. The Hall–Kier alpha value is -2.28. The maximum Gasteiger partial charge on any atom is 0.308 e. The van der Waals surface area contributed by atoms with Crippen LogP contribution in [0.4, 0.5) is 0 Å². The molecule has 0 radical (unpaired) electrons. The van der Waals surface area contributed by atoms with Gasteiger partial charge >= 0.3 is 11.9 Å². The summed E-state index contributed by atoms with van der Waals surface area (Å²) < 4.78 is 11.1. The molecule has 0 aliphatic heterocycles. The average molecular weight is 380 g/mol. The van der Waals surface area contributed by atoms with Crippen LogP contribution in [0.25, 0.3) is 0 Å². The van der Waals surface area contributed by atoms with E-state index in [0.717, 1.165) is 38.5 Å². The lowest BCUT2D eigenvalue weighted by molar-refractivity contribution is -0.165.